The van der Waals surface area contributed by atoms with Gasteiger partial charge in [0, 0.05) is 17.8 Å². The third kappa shape index (κ3) is 1.06. The Balaban J connectivity index is 2.86. The van der Waals surface area contributed by atoms with E-state index in [-0.39, 0.29) is 0 Å². The Morgan fingerprint density at radius 2 is 2.36 bits per heavy atom. The zero-order valence-corrected chi connectivity index (χ0v) is 7.44. The maximum Gasteiger partial charge on any atom is 0.142 e. The van der Waals surface area contributed by atoms with Gasteiger partial charge in [-0.2, -0.15) is 0 Å². The van der Waals surface area contributed by atoms with Crippen LogP contribution in [0, 0.1) is 0 Å². The van der Waals surface area contributed by atoms with Crippen molar-refractivity contribution in [3.05, 3.63) is 24.5 Å². The molecule has 4 heteroatoms. The second kappa shape index (κ2) is 2.35. The van der Waals surface area contributed by atoms with Crippen molar-refractivity contribution >= 4 is 33.7 Å². The zero-order valence-electron chi connectivity index (χ0n) is 6.28. The van der Waals surface area contributed by atoms with E-state index in [1.807, 2.05) is 24.6 Å². The van der Waals surface area contributed by atoms with Crippen LogP contribution in [0.5, 0.6) is 0 Å². The van der Waals surface area contributed by atoms with E-state index in [0.717, 1.165) is 5.65 Å². The molecule has 1 unspecified atom stereocenters. The van der Waals surface area contributed by atoms with E-state index in [1.165, 1.54) is 10.8 Å². The van der Waals surface area contributed by atoms with Gasteiger partial charge in [-0.3, -0.25) is 0 Å². The molecule has 0 amide bonds. The van der Waals surface area contributed by atoms with Crippen LogP contribution >= 0.6 is 9.39 Å². The van der Waals surface area contributed by atoms with Crippen molar-refractivity contribution in [2.24, 2.45) is 0 Å². The summed E-state index contributed by atoms with van der Waals surface area (Å²) in [6, 6.07) is 4.19. The molecule has 0 radical (unpaired) electrons. The fourth-order valence-electron chi connectivity index (χ4n) is 1.15. The maximum atomic E-state index is 4.28. The molecule has 2 aromatic heterocycles. The Bertz CT molecular complexity index is 396. The van der Waals surface area contributed by atoms with Crippen molar-refractivity contribution in [1.29, 1.82) is 0 Å². The summed E-state index contributed by atoms with van der Waals surface area (Å²) >= 11 is 0. The fraction of sp³-hybridized carbons (Fsp3) is 0. The molecule has 0 N–H and O–H groups in total. The molecule has 0 saturated heterocycles. The normalized spacial score (nSPS) is 10.6. The predicted octanol–water partition coefficient (Wildman–Crippen LogP) is -0.0671. The molecule has 0 saturated carbocycles. The highest BCUT2D eigenvalue weighted by molar-refractivity contribution is 7.14. The van der Waals surface area contributed by atoms with E-state index in [9.17, 15) is 0 Å². The molecule has 0 fully saturated rings. The van der Waals surface area contributed by atoms with E-state index < -0.39 is 0 Å². The smallest absolute Gasteiger partial charge is 0.142 e. The second-order valence-electron chi connectivity index (χ2n) is 2.65. The van der Waals surface area contributed by atoms with Crippen molar-refractivity contribution in [3.8, 4) is 0 Å². The fourth-order valence-corrected chi connectivity index (χ4v) is 1.46. The summed E-state index contributed by atoms with van der Waals surface area (Å²) in [6.45, 7) is 0. The summed E-state index contributed by atoms with van der Waals surface area (Å²) in [4.78, 5) is 4.28. The Morgan fingerprint density at radius 3 is 3.18 bits per heavy atom. The topological polar surface area (TPSA) is 17.8 Å². The largest absolute Gasteiger partial charge is 0.317 e. The SMILES string of the molecule is Bc1cnc2c(ccn2P)c1. The summed E-state index contributed by atoms with van der Waals surface area (Å²) in [6.07, 6.45) is 3.87. The molecule has 2 aromatic rings. The lowest BCUT2D eigenvalue weighted by Gasteiger charge is -1.94. The molecule has 1 atom stereocenters. The van der Waals surface area contributed by atoms with Gasteiger partial charge in [0.05, 0.1) is 0 Å². The first kappa shape index (κ1) is 6.87. The summed E-state index contributed by atoms with van der Waals surface area (Å²) in [5, 5.41) is 1.19. The molecule has 54 valence electrons. The van der Waals surface area contributed by atoms with Gasteiger partial charge in [-0.1, -0.05) is 11.5 Å². The van der Waals surface area contributed by atoms with Crippen molar-refractivity contribution < 1.29 is 0 Å². The minimum absolute atomic E-state index is 1.01. The number of hydrogen-bond donors (Lipinski definition) is 0. The number of aromatic nitrogens is 2. The van der Waals surface area contributed by atoms with E-state index in [0.29, 0.717) is 0 Å². The highest BCUT2D eigenvalue weighted by atomic mass is 31.0. The van der Waals surface area contributed by atoms with Gasteiger partial charge in [0.1, 0.15) is 13.5 Å². The summed E-state index contributed by atoms with van der Waals surface area (Å²) in [5.74, 6) is 0. The van der Waals surface area contributed by atoms with Crippen LogP contribution in [-0.4, -0.2) is 17.2 Å². The predicted molar refractivity (Wildman–Crippen MR) is 53.0 cm³/mol. The summed E-state index contributed by atoms with van der Waals surface area (Å²) in [5.41, 5.74) is 2.22. The Morgan fingerprint density at radius 1 is 1.55 bits per heavy atom. The average molecular weight is 162 g/mol. The highest BCUT2D eigenvalue weighted by Crippen LogP contribution is 2.12. The molecular weight excluding hydrogens is 154 g/mol. The van der Waals surface area contributed by atoms with Crippen molar-refractivity contribution in [3.63, 3.8) is 0 Å². The highest BCUT2D eigenvalue weighted by Gasteiger charge is 1.97. The molecule has 2 nitrogen and oxygen atoms in total. The van der Waals surface area contributed by atoms with Gasteiger partial charge >= 0.3 is 0 Å². The number of fused-ring (bicyclic) bond motifs is 1. The summed E-state index contributed by atoms with van der Waals surface area (Å²) in [7, 11) is 4.65. The minimum Gasteiger partial charge on any atom is -0.317 e. The van der Waals surface area contributed by atoms with E-state index >= 15 is 0 Å². The molecule has 2 heterocycles. The standard InChI is InChI=1S/C7H8BN2P/c8-6-3-5-1-2-10(11)7(5)9-4-6/h1-4H,8,11H2. The number of nitrogens with zero attached hydrogens (tertiary/aromatic N) is 2. The van der Waals surface area contributed by atoms with Crippen LogP contribution in [0.3, 0.4) is 0 Å². The van der Waals surface area contributed by atoms with Gasteiger partial charge in [0.2, 0.25) is 0 Å². The molecule has 0 bridgehead atoms. The average Bonchev–Trinajstić information content (AvgIpc) is 2.32. The van der Waals surface area contributed by atoms with Gasteiger partial charge in [-0.05, 0) is 15.5 Å². The lowest BCUT2D eigenvalue weighted by atomic mass is 9.98. The van der Waals surface area contributed by atoms with Crippen molar-refractivity contribution in [2.45, 2.75) is 0 Å². The van der Waals surface area contributed by atoms with E-state index in [1.54, 1.807) is 0 Å². The van der Waals surface area contributed by atoms with Crippen LogP contribution in [0.1, 0.15) is 0 Å². The molecule has 0 aliphatic rings. The monoisotopic (exact) mass is 162 g/mol. The molecule has 0 spiro atoms. The van der Waals surface area contributed by atoms with Crippen LogP contribution in [-0.2, 0) is 0 Å². The van der Waals surface area contributed by atoms with Crippen molar-refractivity contribution in [2.75, 3.05) is 0 Å². The van der Waals surface area contributed by atoms with Crippen LogP contribution in [0.15, 0.2) is 24.5 Å². The molecule has 2 rings (SSSR count). The van der Waals surface area contributed by atoms with Gasteiger partial charge < -0.3 is 4.34 Å². The molecule has 0 aromatic carbocycles. The van der Waals surface area contributed by atoms with Gasteiger partial charge in [-0.15, -0.1) is 0 Å². The van der Waals surface area contributed by atoms with Gasteiger partial charge in [-0.25, -0.2) is 4.98 Å². The van der Waals surface area contributed by atoms with E-state index in [4.69, 9.17) is 0 Å². The lowest BCUT2D eigenvalue weighted by Crippen LogP contribution is -2.01. The molecular formula is C7H8BN2P. The third-order valence-electron chi connectivity index (χ3n) is 1.69. The Kier molecular flexibility index (Phi) is 1.47. The molecule has 11 heavy (non-hydrogen) atoms. The number of pyridine rings is 1. The first-order valence-corrected chi connectivity index (χ1v) is 3.98. The van der Waals surface area contributed by atoms with Gasteiger partial charge in [0.15, 0.2) is 0 Å². The van der Waals surface area contributed by atoms with Gasteiger partial charge in [0.25, 0.3) is 0 Å². The second-order valence-corrected chi connectivity index (χ2v) is 3.20. The van der Waals surface area contributed by atoms with Crippen LogP contribution < -0.4 is 5.46 Å². The Labute approximate surface area is 68.3 Å². The molecule has 0 aliphatic carbocycles. The number of rotatable bonds is 0. The summed E-state index contributed by atoms with van der Waals surface area (Å²) < 4.78 is 1.94. The molecule has 0 aliphatic heterocycles. The van der Waals surface area contributed by atoms with Crippen LogP contribution in [0.2, 0.25) is 0 Å². The zero-order chi connectivity index (χ0) is 7.84. The van der Waals surface area contributed by atoms with Crippen LogP contribution in [0.4, 0.5) is 0 Å². The van der Waals surface area contributed by atoms with Crippen LogP contribution in [0.25, 0.3) is 11.0 Å². The third-order valence-corrected chi connectivity index (χ3v) is 2.11. The maximum absolute atomic E-state index is 4.28. The minimum atomic E-state index is 1.01. The number of hydrogen-bond acceptors (Lipinski definition) is 1. The lowest BCUT2D eigenvalue weighted by molar-refractivity contribution is 1.27. The first-order chi connectivity index (χ1) is 5.27. The Hall–Kier alpha value is -0.815. The van der Waals surface area contributed by atoms with Crippen molar-refractivity contribution in [1.82, 2.24) is 9.32 Å². The first-order valence-electron chi connectivity index (χ1n) is 3.46. The van der Waals surface area contributed by atoms with E-state index in [2.05, 4.69) is 26.5 Å². The quantitative estimate of drug-likeness (QED) is 0.391.